The molecule has 0 spiro atoms. The third-order valence-corrected chi connectivity index (χ3v) is 6.19. The first-order valence-corrected chi connectivity index (χ1v) is 9.12. The van der Waals surface area contributed by atoms with Crippen LogP contribution in [0.4, 0.5) is 4.39 Å². The summed E-state index contributed by atoms with van der Waals surface area (Å²) in [6, 6.07) is 6.34. The van der Waals surface area contributed by atoms with Crippen LogP contribution >= 0.6 is 11.3 Å². The number of hydrogen-bond donors (Lipinski definition) is 1. The number of aliphatic hydroxyl groups excluding tert-OH is 1. The zero-order valence-corrected chi connectivity index (χ0v) is 12.8. The molecule has 0 saturated heterocycles. The number of aliphatic hydroxyl groups is 1. The van der Waals surface area contributed by atoms with E-state index in [0.717, 1.165) is 15.0 Å². The van der Waals surface area contributed by atoms with E-state index in [-0.39, 0.29) is 17.3 Å². The Balaban J connectivity index is 2.02. The fourth-order valence-corrected chi connectivity index (χ4v) is 3.98. The smallest absolute Gasteiger partial charge is 0.150 e. The summed E-state index contributed by atoms with van der Waals surface area (Å²) in [6.45, 7) is 1.62. The van der Waals surface area contributed by atoms with Crippen LogP contribution in [0.2, 0.25) is 0 Å². The van der Waals surface area contributed by atoms with Gasteiger partial charge in [0.1, 0.15) is 15.7 Å². The van der Waals surface area contributed by atoms with Gasteiger partial charge in [0, 0.05) is 15.3 Å². The van der Waals surface area contributed by atoms with Crippen molar-refractivity contribution >= 4 is 31.3 Å². The molecule has 0 aliphatic rings. The Morgan fingerprint density at radius 2 is 2.10 bits per heavy atom. The molecule has 1 atom stereocenters. The highest BCUT2D eigenvalue weighted by atomic mass is 32.2. The third kappa shape index (κ3) is 3.77. The summed E-state index contributed by atoms with van der Waals surface area (Å²) in [7, 11) is -2.98. The van der Waals surface area contributed by atoms with Gasteiger partial charge in [0.15, 0.2) is 0 Å². The molecule has 110 valence electrons. The average molecular weight is 316 g/mol. The summed E-state index contributed by atoms with van der Waals surface area (Å²) in [6.07, 6.45) is 0.136. The number of sulfone groups is 1. The minimum Gasteiger partial charge on any atom is -0.388 e. The van der Waals surface area contributed by atoms with Gasteiger partial charge in [-0.1, -0.05) is 13.0 Å². The number of fused-ring (bicyclic) bond motifs is 1. The molecule has 1 aromatic heterocycles. The summed E-state index contributed by atoms with van der Waals surface area (Å²) < 4.78 is 36.6. The van der Waals surface area contributed by atoms with Crippen molar-refractivity contribution in [3.8, 4) is 0 Å². The van der Waals surface area contributed by atoms with Gasteiger partial charge < -0.3 is 5.11 Å². The van der Waals surface area contributed by atoms with Crippen LogP contribution in [-0.4, -0.2) is 25.0 Å². The van der Waals surface area contributed by atoms with Crippen LogP contribution < -0.4 is 0 Å². The highest BCUT2D eigenvalue weighted by Crippen LogP contribution is 2.32. The van der Waals surface area contributed by atoms with Crippen LogP contribution in [0.1, 0.15) is 30.7 Å². The van der Waals surface area contributed by atoms with Crippen LogP contribution in [0.5, 0.6) is 0 Å². The Kier molecular flexibility index (Phi) is 4.78. The van der Waals surface area contributed by atoms with E-state index in [4.69, 9.17) is 0 Å². The first-order valence-electron chi connectivity index (χ1n) is 6.49. The minimum atomic E-state index is -2.98. The standard InChI is InChI=1S/C14H17FO3S2/c1-2-20(17,18)7-3-4-12(16)14-8-10-5-6-11(15)9-13(10)19-14/h5-6,8-9,12,16H,2-4,7H2,1H3. The second kappa shape index (κ2) is 6.20. The second-order valence-electron chi connectivity index (χ2n) is 4.73. The molecule has 1 N–H and O–H groups in total. The number of halogens is 1. The van der Waals surface area contributed by atoms with Crippen molar-refractivity contribution in [1.29, 1.82) is 0 Å². The maximum absolute atomic E-state index is 13.1. The van der Waals surface area contributed by atoms with Crippen molar-refractivity contribution in [1.82, 2.24) is 0 Å². The van der Waals surface area contributed by atoms with Crippen molar-refractivity contribution in [2.45, 2.75) is 25.9 Å². The second-order valence-corrected chi connectivity index (χ2v) is 8.31. The summed E-state index contributed by atoms with van der Waals surface area (Å²) in [5.74, 6) is -0.0693. The predicted octanol–water partition coefficient (Wildman–Crippen LogP) is 3.29. The minimum absolute atomic E-state index is 0.0973. The Morgan fingerprint density at radius 1 is 1.35 bits per heavy atom. The molecule has 0 aliphatic heterocycles. The van der Waals surface area contributed by atoms with Crippen molar-refractivity contribution in [2.75, 3.05) is 11.5 Å². The lowest BCUT2D eigenvalue weighted by molar-refractivity contribution is 0.170. The first-order chi connectivity index (χ1) is 9.41. The van der Waals surface area contributed by atoms with E-state index < -0.39 is 15.9 Å². The lowest BCUT2D eigenvalue weighted by Crippen LogP contribution is -2.09. The molecule has 0 bridgehead atoms. The van der Waals surface area contributed by atoms with Gasteiger partial charge in [0.2, 0.25) is 0 Å². The van der Waals surface area contributed by atoms with Gasteiger partial charge in [-0.05, 0) is 36.4 Å². The Bertz CT molecular complexity index is 692. The number of rotatable bonds is 6. The Labute approximate surface area is 122 Å². The summed E-state index contributed by atoms with van der Waals surface area (Å²) in [4.78, 5) is 0.750. The summed E-state index contributed by atoms with van der Waals surface area (Å²) >= 11 is 1.34. The Morgan fingerprint density at radius 3 is 2.80 bits per heavy atom. The van der Waals surface area contributed by atoms with Gasteiger partial charge in [-0.3, -0.25) is 0 Å². The molecule has 2 aromatic rings. The zero-order chi connectivity index (χ0) is 14.8. The van der Waals surface area contributed by atoms with Gasteiger partial charge in [-0.15, -0.1) is 11.3 Å². The zero-order valence-electron chi connectivity index (χ0n) is 11.2. The van der Waals surface area contributed by atoms with Crippen LogP contribution in [0.25, 0.3) is 10.1 Å². The van der Waals surface area contributed by atoms with E-state index in [2.05, 4.69) is 0 Å². The van der Waals surface area contributed by atoms with Crippen LogP contribution in [-0.2, 0) is 9.84 Å². The molecule has 3 nitrogen and oxygen atoms in total. The third-order valence-electron chi connectivity index (χ3n) is 3.20. The maximum atomic E-state index is 13.1. The monoisotopic (exact) mass is 316 g/mol. The Hall–Kier alpha value is -0.980. The molecule has 20 heavy (non-hydrogen) atoms. The first kappa shape index (κ1) is 15.4. The normalized spacial score (nSPS) is 13.8. The van der Waals surface area contributed by atoms with Crippen molar-refractivity contribution in [3.05, 3.63) is 35.0 Å². The quantitative estimate of drug-likeness (QED) is 0.889. The van der Waals surface area contributed by atoms with Gasteiger partial charge in [0.05, 0.1) is 11.9 Å². The topological polar surface area (TPSA) is 54.4 Å². The highest BCUT2D eigenvalue weighted by molar-refractivity contribution is 7.91. The molecule has 1 aromatic carbocycles. The van der Waals surface area contributed by atoms with Crippen molar-refractivity contribution in [3.63, 3.8) is 0 Å². The fourth-order valence-electron chi connectivity index (χ4n) is 1.97. The van der Waals surface area contributed by atoms with E-state index in [0.29, 0.717) is 12.8 Å². The molecule has 1 unspecified atom stereocenters. The van der Waals surface area contributed by atoms with Crippen LogP contribution in [0.3, 0.4) is 0 Å². The maximum Gasteiger partial charge on any atom is 0.150 e. The average Bonchev–Trinajstić information content (AvgIpc) is 2.81. The van der Waals surface area contributed by atoms with E-state index in [1.807, 2.05) is 6.07 Å². The number of benzene rings is 1. The molecule has 1 heterocycles. The van der Waals surface area contributed by atoms with Gasteiger partial charge in [0.25, 0.3) is 0 Å². The van der Waals surface area contributed by atoms with E-state index in [1.54, 1.807) is 13.0 Å². The van der Waals surface area contributed by atoms with Gasteiger partial charge in [-0.2, -0.15) is 0 Å². The molecule has 0 radical (unpaired) electrons. The molecule has 0 aliphatic carbocycles. The van der Waals surface area contributed by atoms with Crippen LogP contribution in [0.15, 0.2) is 24.3 Å². The van der Waals surface area contributed by atoms with E-state index in [1.165, 1.54) is 23.5 Å². The van der Waals surface area contributed by atoms with Crippen molar-refractivity contribution < 1.29 is 17.9 Å². The van der Waals surface area contributed by atoms with Crippen molar-refractivity contribution in [2.24, 2.45) is 0 Å². The SMILES string of the molecule is CCS(=O)(=O)CCCC(O)c1cc2ccc(F)cc2s1. The molecule has 6 heteroatoms. The molecule has 2 rings (SSSR count). The van der Waals surface area contributed by atoms with Gasteiger partial charge in [-0.25, -0.2) is 12.8 Å². The lowest BCUT2D eigenvalue weighted by atomic mass is 10.1. The van der Waals surface area contributed by atoms with Gasteiger partial charge >= 0.3 is 0 Å². The summed E-state index contributed by atoms with van der Waals surface area (Å²) in [5.41, 5.74) is 0. The number of hydrogen-bond acceptors (Lipinski definition) is 4. The van der Waals surface area contributed by atoms with Crippen LogP contribution in [0, 0.1) is 5.82 Å². The fraction of sp³-hybridized carbons (Fsp3) is 0.429. The van der Waals surface area contributed by atoms with E-state index in [9.17, 15) is 17.9 Å². The molecular formula is C14H17FO3S2. The lowest BCUT2D eigenvalue weighted by Gasteiger charge is -2.07. The largest absolute Gasteiger partial charge is 0.388 e. The number of thiophene rings is 1. The van der Waals surface area contributed by atoms with E-state index >= 15 is 0 Å². The highest BCUT2D eigenvalue weighted by Gasteiger charge is 2.14. The molecule has 0 saturated carbocycles. The molecule has 0 amide bonds. The molecule has 0 fully saturated rings. The molecular weight excluding hydrogens is 299 g/mol. The predicted molar refractivity (Wildman–Crippen MR) is 80.3 cm³/mol. The summed E-state index contributed by atoms with van der Waals surface area (Å²) in [5, 5.41) is 11.0.